The number of nitrogen functional groups attached to an aromatic ring is 1. The fourth-order valence-corrected chi connectivity index (χ4v) is 2.48. The Morgan fingerprint density at radius 2 is 2.35 bits per heavy atom. The molecule has 0 atom stereocenters. The van der Waals surface area contributed by atoms with Crippen LogP contribution in [0.3, 0.4) is 0 Å². The number of hydrogen-bond donors (Lipinski definition) is 2. The quantitative estimate of drug-likeness (QED) is 0.827. The van der Waals surface area contributed by atoms with Crippen molar-refractivity contribution in [3.05, 3.63) is 30.0 Å². The van der Waals surface area contributed by atoms with Gasteiger partial charge in [0, 0.05) is 24.3 Å². The lowest BCUT2D eigenvalue weighted by molar-refractivity contribution is 0.868. The molecule has 0 radical (unpaired) electrons. The lowest BCUT2D eigenvalue weighted by Crippen LogP contribution is -2.18. The number of nitrogens with two attached hydrogens (primary N) is 1. The van der Waals surface area contributed by atoms with Crippen molar-refractivity contribution in [2.45, 2.75) is 13.3 Å². The van der Waals surface area contributed by atoms with Gasteiger partial charge in [-0.15, -0.1) is 0 Å². The molecule has 0 amide bonds. The summed E-state index contributed by atoms with van der Waals surface area (Å²) in [5, 5.41) is 6.91. The molecule has 0 bridgehead atoms. The van der Waals surface area contributed by atoms with Crippen molar-refractivity contribution < 1.29 is 0 Å². The van der Waals surface area contributed by atoms with Crippen LogP contribution in [-0.2, 0) is 6.42 Å². The molecule has 1 aliphatic heterocycles. The Balaban J connectivity index is 2.03. The first-order valence-electron chi connectivity index (χ1n) is 5.96. The highest BCUT2D eigenvalue weighted by atomic mass is 15.1. The van der Waals surface area contributed by atoms with Gasteiger partial charge in [-0.2, -0.15) is 5.10 Å². The molecule has 1 aromatic carbocycles. The average Bonchev–Trinajstić information content (AvgIpc) is 2.93. The summed E-state index contributed by atoms with van der Waals surface area (Å²) in [5.74, 6) is 0. The molecule has 0 aliphatic carbocycles. The summed E-state index contributed by atoms with van der Waals surface area (Å²) in [5.41, 5.74) is 11.4. The van der Waals surface area contributed by atoms with Gasteiger partial charge in [-0.05, 0) is 31.0 Å². The number of likely N-dealkylation sites (N-methyl/N-ethyl adjacent to an activating group) is 1. The average molecular weight is 228 g/mol. The predicted molar refractivity (Wildman–Crippen MR) is 70.0 cm³/mol. The number of benzene rings is 1. The van der Waals surface area contributed by atoms with Crippen molar-refractivity contribution in [2.75, 3.05) is 23.7 Å². The van der Waals surface area contributed by atoms with Gasteiger partial charge in [-0.3, -0.25) is 5.10 Å². The van der Waals surface area contributed by atoms with E-state index in [9.17, 15) is 0 Å². The minimum atomic E-state index is 0.704. The van der Waals surface area contributed by atoms with Crippen LogP contribution in [0.25, 0.3) is 11.3 Å². The van der Waals surface area contributed by atoms with E-state index in [2.05, 4.69) is 40.2 Å². The molecule has 0 saturated carbocycles. The molecule has 4 heteroatoms. The smallest absolute Gasteiger partial charge is 0.0880 e. The minimum Gasteiger partial charge on any atom is -0.396 e. The van der Waals surface area contributed by atoms with E-state index < -0.39 is 0 Å². The van der Waals surface area contributed by atoms with E-state index >= 15 is 0 Å². The maximum atomic E-state index is 5.87. The molecule has 2 aromatic rings. The molecule has 0 saturated heterocycles. The second-order valence-electron chi connectivity index (χ2n) is 4.37. The third-order valence-electron chi connectivity index (χ3n) is 3.41. The lowest BCUT2D eigenvalue weighted by atomic mass is 10.1. The minimum absolute atomic E-state index is 0.704. The maximum absolute atomic E-state index is 5.87. The molecule has 2 heterocycles. The predicted octanol–water partition coefficient (Wildman–Crippen LogP) is 2.04. The highest BCUT2D eigenvalue weighted by Crippen LogP contribution is 2.32. The number of rotatable bonds is 2. The number of aromatic amines is 1. The Hall–Kier alpha value is -1.97. The van der Waals surface area contributed by atoms with Gasteiger partial charge in [0.25, 0.3) is 0 Å². The first kappa shape index (κ1) is 10.2. The number of aromatic nitrogens is 2. The van der Waals surface area contributed by atoms with Crippen molar-refractivity contribution >= 4 is 11.4 Å². The van der Waals surface area contributed by atoms with Gasteiger partial charge in [0.1, 0.15) is 0 Å². The topological polar surface area (TPSA) is 57.9 Å². The molecule has 1 aromatic heterocycles. The summed E-state index contributed by atoms with van der Waals surface area (Å²) in [6.07, 6.45) is 2.77. The molecule has 88 valence electrons. The van der Waals surface area contributed by atoms with Crippen LogP contribution in [0.5, 0.6) is 0 Å². The maximum Gasteiger partial charge on any atom is 0.0880 e. The van der Waals surface area contributed by atoms with Gasteiger partial charge in [0.15, 0.2) is 0 Å². The highest BCUT2D eigenvalue weighted by molar-refractivity contribution is 5.75. The van der Waals surface area contributed by atoms with Crippen LogP contribution in [0.15, 0.2) is 24.4 Å². The van der Waals surface area contributed by atoms with E-state index in [1.54, 1.807) is 6.20 Å². The number of nitrogens with zero attached hydrogens (tertiary/aromatic N) is 2. The lowest BCUT2D eigenvalue weighted by Gasteiger charge is -2.16. The molecule has 0 fully saturated rings. The second-order valence-corrected chi connectivity index (χ2v) is 4.37. The van der Waals surface area contributed by atoms with E-state index in [0.29, 0.717) is 5.69 Å². The second kappa shape index (κ2) is 3.80. The number of nitrogens with one attached hydrogen (secondary N) is 1. The number of H-pyrrole nitrogens is 1. The van der Waals surface area contributed by atoms with Crippen LogP contribution < -0.4 is 10.6 Å². The third kappa shape index (κ3) is 1.56. The SMILES string of the molecule is CCN1CCc2cc(-c3[nH]ncc3N)ccc21. The largest absolute Gasteiger partial charge is 0.396 e. The van der Waals surface area contributed by atoms with Gasteiger partial charge in [0.2, 0.25) is 0 Å². The Labute approximate surface area is 100 Å². The fraction of sp³-hybridized carbons (Fsp3) is 0.308. The first-order chi connectivity index (χ1) is 8.29. The first-order valence-corrected chi connectivity index (χ1v) is 5.96. The zero-order valence-electron chi connectivity index (χ0n) is 9.90. The summed E-state index contributed by atoms with van der Waals surface area (Å²) in [6, 6.07) is 6.51. The van der Waals surface area contributed by atoms with Crippen molar-refractivity contribution in [1.82, 2.24) is 10.2 Å². The Morgan fingerprint density at radius 3 is 3.06 bits per heavy atom. The van der Waals surface area contributed by atoms with Crippen LogP contribution in [0.1, 0.15) is 12.5 Å². The molecular weight excluding hydrogens is 212 g/mol. The summed E-state index contributed by atoms with van der Waals surface area (Å²) < 4.78 is 0. The summed E-state index contributed by atoms with van der Waals surface area (Å²) in [4.78, 5) is 2.40. The van der Waals surface area contributed by atoms with E-state index in [-0.39, 0.29) is 0 Å². The highest BCUT2D eigenvalue weighted by Gasteiger charge is 2.18. The standard InChI is InChI=1S/C13H16N4/c1-2-17-6-5-9-7-10(3-4-12(9)17)13-11(14)8-15-16-13/h3-4,7-8H,2,5-6,14H2,1H3,(H,15,16). The van der Waals surface area contributed by atoms with E-state index in [4.69, 9.17) is 5.73 Å². The monoisotopic (exact) mass is 228 g/mol. The van der Waals surface area contributed by atoms with Gasteiger partial charge >= 0.3 is 0 Å². The van der Waals surface area contributed by atoms with Gasteiger partial charge < -0.3 is 10.6 Å². The molecule has 0 spiro atoms. The van der Waals surface area contributed by atoms with Crippen molar-refractivity contribution in [3.8, 4) is 11.3 Å². The van der Waals surface area contributed by atoms with Crippen LogP contribution in [0, 0.1) is 0 Å². The fourth-order valence-electron chi connectivity index (χ4n) is 2.48. The zero-order valence-corrected chi connectivity index (χ0v) is 9.90. The number of hydrogen-bond acceptors (Lipinski definition) is 3. The van der Waals surface area contributed by atoms with Gasteiger partial charge in [0.05, 0.1) is 17.6 Å². The van der Waals surface area contributed by atoms with Crippen molar-refractivity contribution in [3.63, 3.8) is 0 Å². The molecule has 4 nitrogen and oxygen atoms in total. The molecular formula is C13H16N4. The Kier molecular flexibility index (Phi) is 2.28. The molecule has 17 heavy (non-hydrogen) atoms. The van der Waals surface area contributed by atoms with Gasteiger partial charge in [-0.25, -0.2) is 0 Å². The summed E-state index contributed by atoms with van der Waals surface area (Å²) >= 11 is 0. The van der Waals surface area contributed by atoms with Crippen LogP contribution in [0.4, 0.5) is 11.4 Å². The normalized spacial score (nSPS) is 14.1. The number of fused-ring (bicyclic) bond motifs is 1. The molecule has 3 N–H and O–H groups in total. The zero-order chi connectivity index (χ0) is 11.8. The van der Waals surface area contributed by atoms with E-state index in [1.807, 2.05) is 0 Å². The Bertz CT molecular complexity index is 544. The molecule has 1 aliphatic rings. The van der Waals surface area contributed by atoms with Crippen molar-refractivity contribution in [2.24, 2.45) is 0 Å². The number of anilines is 2. The summed E-state index contributed by atoms with van der Waals surface area (Å²) in [6.45, 7) is 4.38. The van der Waals surface area contributed by atoms with Crippen LogP contribution >= 0.6 is 0 Å². The van der Waals surface area contributed by atoms with E-state index in [0.717, 1.165) is 30.8 Å². The molecule has 0 unspecified atom stereocenters. The van der Waals surface area contributed by atoms with Gasteiger partial charge in [-0.1, -0.05) is 6.07 Å². The Morgan fingerprint density at radius 1 is 1.47 bits per heavy atom. The molecule has 3 rings (SSSR count). The van der Waals surface area contributed by atoms with Crippen LogP contribution in [-0.4, -0.2) is 23.3 Å². The van der Waals surface area contributed by atoms with Crippen LogP contribution in [0.2, 0.25) is 0 Å². The van der Waals surface area contributed by atoms with Crippen molar-refractivity contribution in [1.29, 1.82) is 0 Å². The van der Waals surface area contributed by atoms with E-state index in [1.165, 1.54) is 11.3 Å². The third-order valence-corrected chi connectivity index (χ3v) is 3.41. The summed E-state index contributed by atoms with van der Waals surface area (Å²) in [7, 11) is 0.